The van der Waals surface area contributed by atoms with Gasteiger partial charge in [0.05, 0.1) is 7.11 Å². The number of rotatable bonds is 8. The van der Waals surface area contributed by atoms with Gasteiger partial charge >= 0.3 is 0 Å². The van der Waals surface area contributed by atoms with Gasteiger partial charge in [-0.1, -0.05) is 17.3 Å². The van der Waals surface area contributed by atoms with E-state index in [1.165, 1.54) is 19.2 Å². The molecular weight excluding hydrogens is 446 g/mol. The molecule has 168 valence electrons. The molecule has 2 rings (SSSR count). The molecule has 0 amide bonds. The Hall–Kier alpha value is -3.65. The van der Waals surface area contributed by atoms with Crippen molar-refractivity contribution in [3.05, 3.63) is 83.3 Å². The molecule has 2 aromatic rings. The highest BCUT2D eigenvalue weighted by Gasteiger charge is 2.17. The molecule has 0 aliphatic carbocycles. The molecule has 0 radical (unpaired) electrons. The van der Waals surface area contributed by atoms with Crippen molar-refractivity contribution in [2.24, 2.45) is 15.1 Å². The number of nitrogens with zero attached hydrogens (tertiary/aromatic N) is 3. The number of halogens is 4. The number of nitriles is 1. The van der Waals surface area contributed by atoms with Crippen LogP contribution in [0.2, 0.25) is 0 Å². The Labute approximate surface area is 184 Å². The molecule has 0 saturated heterocycles. The average molecular weight is 465 g/mol. The normalized spacial score (nSPS) is 12.9. The van der Waals surface area contributed by atoms with Gasteiger partial charge in [-0.2, -0.15) is 9.62 Å². The Balaban J connectivity index is 2.43. The van der Waals surface area contributed by atoms with Gasteiger partial charge in [0.15, 0.2) is 17.5 Å². The van der Waals surface area contributed by atoms with E-state index in [2.05, 4.69) is 21.3 Å². The van der Waals surface area contributed by atoms with Crippen LogP contribution in [-0.4, -0.2) is 19.1 Å². The van der Waals surface area contributed by atoms with E-state index in [-0.39, 0.29) is 39.8 Å². The van der Waals surface area contributed by atoms with Gasteiger partial charge in [-0.05, 0) is 24.5 Å². The summed E-state index contributed by atoms with van der Waals surface area (Å²) in [6, 6.07) is 5.56. The first-order valence-corrected chi connectivity index (χ1v) is 10.6. The van der Waals surface area contributed by atoms with Crippen molar-refractivity contribution in [1.29, 1.82) is 5.26 Å². The van der Waals surface area contributed by atoms with E-state index >= 15 is 0 Å². The summed E-state index contributed by atoms with van der Waals surface area (Å²) in [5.74, 6) is -3.89. The fourth-order valence-corrected chi connectivity index (χ4v) is 3.53. The van der Waals surface area contributed by atoms with Gasteiger partial charge in [-0.25, -0.2) is 22.6 Å². The minimum atomic E-state index is -1.14. The van der Waals surface area contributed by atoms with Gasteiger partial charge in [-0.15, -0.1) is 0 Å². The number of allylic oxidation sites excluding steroid dienone is 1. The van der Waals surface area contributed by atoms with Crippen LogP contribution in [0, 0.1) is 28.9 Å². The number of nitrogens with two attached hydrogens (primary N) is 1. The van der Waals surface area contributed by atoms with E-state index in [1.54, 1.807) is 12.4 Å². The van der Waals surface area contributed by atoms with Crippen molar-refractivity contribution in [1.82, 2.24) is 0 Å². The van der Waals surface area contributed by atoms with Crippen molar-refractivity contribution >= 4 is 22.1 Å². The molecular formula is C21H19F4N5OS. The Kier molecular flexibility index (Phi) is 8.54. The van der Waals surface area contributed by atoms with Gasteiger partial charge in [0.1, 0.15) is 23.1 Å². The Morgan fingerprint density at radius 2 is 2.03 bits per heavy atom. The predicted octanol–water partition coefficient (Wildman–Crippen LogP) is 4.67. The molecule has 0 fully saturated rings. The van der Waals surface area contributed by atoms with E-state index in [9.17, 15) is 17.6 Å². The number of hydrogen-bond donors (Lipinski definition) is 2. The number of hydrogen-bond acceptors (Lipinski definition) is 6. The highest BCUT2D eigenvalue weighted by Crippen LogP contribution is 2.26. The lowest BCUT2D eigenvalue weighted by molar-refractivity contribution is 0.410. The molecule has 1 atom stereocenters. The summed E-state index contributed by atoms with van der Waals surface area (Å²) in [5.41, 5.74) is 5.14. The number of aliphatic imine (C=N–C) groups is 1. The number of nitrogens with one attached hydrogen (secondary N) is 1. The standard InChI is InChI=1S/C21H19F4N5OS/c1-12(29-15-6-13(10-32(3)28-11-27)20(25)17(23)8-15)30-21(18(24)9-26)16-5-4-14(22)7-19(16)31-2/h4-9,29H,1,10,26H2,2-3H3/b18-9+,30-21?. The third kappa shape index (κ3) is 6.18. The molecule has 11 heteroatoms. The van der Waals surface area contributed by atoms with Crippen LogP contribution >= 0.6 is 0 Å². The summed E-state index contributed by atoms with van der Waals surface area (Å²) in [6.07, 6.45) is 3.89. The molecule has 32 heavy (non-hydrogen) atoms. The molecule has 3 N–H and O–H groups in total. The second kappa shape index (κ2) is 11.1. The fraction of sp³-hybridized carbons (Fsp3) is 0.143. The maximum Gasteiger partial charge on any atom is 0.212 e. The van der Waals surface area contributed by atoms with Crippen LogP contribution in [0.4, 0.5) is 23.2 Å². The molecule has 2 aromatic carbocycles. The Bertz CT molecular complexity index is 1170. The van der Waals surface area contributed by atoms with Crippen LogP contribution in [-0.2, 0) is 16.4 Å². The summed E-state index contributed by atoms with van der Waals surface area (Å²) in [5, 5.41) is 11.3. The van der Waals surface area contributed by atoms with Crippen molar-refractivity contribution in [2.45, 2.75) is 5.75 Å². The van der Waals surface area contributed by atoms with Crippen LogP contribution in [0.5, 0.6) is 5.75 Å². The zero-order valence-corrected chi connectivity index (χ0v) is 17.9. The lowest BCUT2D eigenvalue weighted by Crippen LogP contribution is -2.09. The molecule has 0 bridgehead atoms. The predicted molar refractivity (Wildman–Crippen MR) is 117 cm³/mol. The lowest BCUT2D eigenvalue weighted by Gasteiger charge is -2.13. The summed E-state index contributed by atoms with van der Waals surface area (Å²) in [4.78, 5) is 4.03. The summed E-state index contributed by atoms with van der Waals surface area (Å²) in [6.45, 7) is 3.65. The molecule has 0 saturated carbocycles. The van der Waals surface area contributed by atoms with Crippen LogP contribution in [0.1, 0.15) is 11.1 Å². The maximum atomic E-state index is 14.4. The van der Waals surface area contributed by atoms with Crippen molar-refractivity contribution in [3.8, 4) is 11.9 Å². The number of anilines is 1. The minimum Gasteiger partial charge on any atom is -0.496 e. The van der Waals surface area contributed by atoms with Crippen LogP contribution in [0.15, 0.2) is 64.1 Å². The third-order valence-electron chi connectivity index (χ3n) is 3.99. The van der Waals surface area contributed by atoms with Gasteiger partial charge in [0.25, 0.3) is 0 Å². The summed E-state index contributed by atoms with van der Waals surface area (Å²) in [7, 11) is 0.430. The molecule has 0 aliphatic heterocycles. The van der Waals surface area contributed by atoms with Crippen LogP contribution < -0.4 is 15.8 Å². The molecule has 0 aliphatic rings. The average Bonchev–Trinajstić information content (AvgIpc) is 2.75. The number of methoxy groups -OCH3 is 1. The molecule has 0 aromatic heterocycles. The van der Waals surface area contributed by atoms with Crippen molar-refractivity contribution < 1.29 is 22.3 Å². The first kappa shape index (κ1) is 24.6. The highest BCUT2D eigenvalue weighted by molar-refractivity contribution is 7.85. The zero-order valence-electron chi connectivity index (χ0n) is 17.1. The zero-order chi connectivity index (χ0) is 23.8. The third-order valence-corrected chi connectivity index (χ3v) is 5.11. The SMILES string of the molecule is C=C(N=C(/C(F)=C\N)c1ccc(F)cc1OC)Nc1cc(F)c(F)c(CS(C)=NC#N)c1. The smallest absolute Gasteiger partial charge is 0.212 e. The fourth-order valence-electron chi connectivity index (χ4n) is 2.66. The van der Waals surface area contributed by atoms with E-state index in [0.29, 0.717) is 6.20 Å². The number of benzene rings is 2. The molecule has 0 heterocycles. The van der Waals surface area contributed by atoms with Gasteiger partial charge in [0, 0.05) is 40.9 Å². The van der Waals surface area contributed by atoms with E-state index in [1.807, 2.05) is 0 Å². The first-order valence-electron chi connectivity index (χ1n) is 8.86. The van der Waals surface area contributed by atoms with E-state index in [4.69, 9.17) is 15.7 Å². The molecule has 6 nitrogen and oxygen atoms in total. The van der Waals surface area contributed by atoms with Crippen molar-refractivity contribution in [2.75, 3.05) is 18.7 Å². The molecule has 0 spiro atoms. The largest absolute Gasteiger partial charge is 0.496 e. The van der Waals surface area contributed by atoms with Gasteiger partial charge in [0.2, 0.25) is 6.19 Å². The first-order chi connectivity index (χ1) is 15.2. The Morgan fingerprint density at radius 3 is 2.66 bits per heavy atom. The quantitative estimate of drug-likeness (QED) is 0.337. The minimum absolute atomic E-state index is 0.000106. The topological polar surface area (TPSA) is 95.8 Å². The van der Waals surface area contributed by atoms with E-state index in [0.717, 1.165) is 18.2 Å². The highest BCUT2D eigenvalue weighted by atomic mass is 32.2. The summed E-state index contributed by atoms with van der Waals surface area (Å²) >= 11 is 0. The van der Waals surface area contributed by atoms with Crippen LogP contribution in [0.25, 0.3) is 0 Å². The maximum absolute atomic E-state index is 14.4. The molecule has 1 unspecified atom stereocenters. The summed E-state index contributed by atoms with van der Waals surface area (Å²) < 4.78 is 64.8. The monoisotopic (exact) mass is 465 g/mol. The van der Waals surface area contributed by atoms with Gasteiger partial charge in [-0.3, -0.25) is 0 Å². The lowest BCUT2D eigenvalue weighted by atomic mass is 10.1. The number of ether oxygens (including phenoxy) is 1. The van der Waals surface area contributed by atoms with E-state index < -0.39 is 34.0 Å². The Morgan fingerprint density at radius 1 is 1.31 bits per heavy atom. The van der Waals surface area contributed by atoms with Gasteiger partial charge < -0.3 is 15.8 Å². The van der Waals surface area contributed by atoms with Crippen molar-refractivity contribution in [3.63, 3.8) is 0 Å². The second-order valence-electron chi connectivity index (χ2n) is 6.26. The second-order valence-corrected chi connectivity index (χ2v) is 7.93. The van der Waals surface area contributed by atoms with Crippen LogP contribution in [0.3, 0.4) is 0 Å².